The van der Waals surface area contributed by atoms with Crippen molar-refractivity contribution in [3.63, 3.8) is 0 Å². The number of amides is 3. The summed E-state index contributed by atoms with van der Waals surface area (Å²) in [5.41, 5.74) is 3.71. The van der Waals surface area contributed by atoms with E-state index in [0.29, 0.717) is 11.3 Å². The number of rotatable bonds is 5. The van der Waals surface area contributed by atoms with Crippen molar-refractivity contribution >= 4 is 23.6 Å². The standard InChI is InChI=1S/C12H15N3O5/c1-12(20,10(17)18)6-14-11(19)15-8-4-2-7(3-5-8)9(13)16/h2-5,20H,6H2,1H3,(H2,13,16)(H,17,18)(H2,14,15,19). The molecule has 1 aromatic carbocycles. The normalized spacial score (nSPS) is 13.1. The minimum atomic E-state index is -2.05. The molecule has 0 aliphatic carbocycles. The molecule has 0 heterocycles. The number of carbonyl (C=O) groups is 3. The fourth-order valence-corrected chi connectivity index (χ4v) is 1.22. The van der Waals surface area contributed by atoms with Gasteiger partial charge in [0.2, 0.25) is 5.91 Å². The highest BCUT2D eigenvalue weighted by atomic mass is 16.4. The summed E-state index contributed by atoms with van der Waals surface area (Å²) >= 11 is 0. The van der Waals surface area contributed by atoms with Crippen LogP contribution in [0, 0.1) is 0 Å². The van der Waals surface area contributed by atoms with Crippen LogP contribution in [0.25, 0.3) is 0 Å². The van der Waals surface area contributed by atoms with Crippen LogP contribution in [0.4, 0.5) is 10.5 Å². The predicted molar refractivity (Wildman–Crippen MR) is 70.2 cm³/mol. The van der Waals surface area contributed by atoms with Crippen molar-refractivity contribution in [2.45, 2.75) is 12.5 Å². The van der Waals surface area contributed by atoms with Gasteiger partial charge in [-0.25, -0.2) is 9.59 Å². The molecule has 0 radical (unpaired) electrons. The SMILES string of the molecule is CC(O)(CNC(=O)Nc1ccc(C(N)=O)cc1)C(=O)O. The van der Waals surface area contributed by atoms with Crippen LogP contribution in [-0.2, 0) is 4.79 Å². The summed E-state index contributed by atoms with van der Waals surface area (Å²) in [6, 6.07) is 5.12. The Morgan fingerprint density at radius 3 is 2.25 bits per heavy atom. The third kappa shape index (κ3) is 4.25. The van der Waals surface area contributed by atoms with Crippen LogP contribution < -0.4 is 16.4 Å². The molecular formula is C12H15N3O5. The van der Waals surface area contributed by atoms with E-state index in [1.807, 2.05) is 0 Å². The average Bonchev–Trinajstić information content (AvgIpc) is 2.37. The lowest BCUT2D eigenvalue weighted by Gasteiger charge is -2.18. The lowest BCUT2D eigenvalue weighted by molar-refractivity contribution is -0.155. The molecule has 1 rings (SSSR count). The molecule has 0 bridgehead atoms. The van der Waals surface area contributed by atoms with E-state index in [9.17, 15) is 19.5 Å². The Morgan fingerprint density at radius 1 is 1.25 bits per heavy atom. The molecule has 0 saturated heterocycles. The van der Waals surface area contributed by atoms with Crippen LogP contribution in [0.15, 0.2) is 24.3 Å². The third-order valence-corrected chi connectivity index (χ3v) is 2.48. The third-order valence-electron chi connectivity index (χ3n) is 2.48. The molecule has 1 unspecified atom stereocenters. The first kappa shape index (κ1) is 15.4. The molecule has 8 heteroatoms. The Bertz CT molecular complexity index is 524. The van der Waals surface area contributed by atoms with Crippen LogP contribution in [0.2, 0.25) is 0 Å². The molecule has 6 N–H and O–H groups in total. The zero-order chi connectivity index (χ0) is 15.3. The molecule has 1 atom stereocenters. The van der Waals surface area contributed by atoms with Gasteiger partial charge in [-0.15, -0.1) is 0 Å². The van der Waals surface area contributed by atoms with Gasteiger partial charge in [0, 0.05) is 11.3 Å². The Balaban J connectivity index is 2.54. The zero-order valence-electron chi connectivity index (χ0n) is 10.7. The van der Waals surface area contributed by atoms with Crippen molar-refractivity contribution < 1.29 is 24.6 Å². The van der Waals surface area contributed by atoms with Gasteiger partial charge in [0.1, 0.15) is 0 Å². The number of hydrogen-bond acceptors (Lipinski definition) is 4. The minimum absolute atomic E-state index is 0.296. The molecule has 1 aromatic rings. The molecule has 0 aliphatic heterocycles. The highest BCUT2D eigenvalue weighted by molar-refractivity contribution is 5.94. The molecule has 20 heavy (non-hydrogen) atoms. The summed E-state index contributed by atoms with van der Waals surface area (Å²) < 4.78 is 0. The van der Waals surface area contributed by atoms with Crippen LogP contribution in [-0.4, -0.2) is 40.3 Å². The average molecular weight is 281 g/mol. The number of nitrogens with two attached hydrogens (primary N) is 1. The summed E-state index contributed by atoms with van der Waals surface area (Å²) in [5.74, 6) is -2.03. The Morgan fingerprint density at radius 2 is 1.80 bits per heavy atom. The number of nitrogens with one attached hydrogen (secondary N) is 2. The predicted octanol–water partition coefficient (Wildman–Crippen LogP) is -0.257. The topological polar surface area (TPSA) is 142 Å². The lowest BCUT2D eigenvalue weighted by atomic mass is 10.1. The second-order valence-corrected chi connectivity index (χ2v) is 4.33. The van der Waals surface area contributed by atoms with Gasteiger partial charge in [0.25, 0.3) is 0 Å². The van der Waals surface area contributed by atoms with Crippen molar-refractivity contribution in [3.05, 3.63) is 29.8 Å². The van der Waals surface area contributed by atoms with E-state index in [1.54, 1.807) is 0 Å². The Hall–Kier alpha value is -2.61. The Kier molecular flexibility index (Phi) is 4.65. The largest absolute Gasteiger partial charge is 0.479 e. The molecule has 8 nitrogen and oxygen atoms in total. The van der Waals surface area contributed by atoms with Crippen molar-refractivity contribution in [2.75, 3.05) is 11.9 Å². The highest BCUT2D eigenvalue weighted by Gasteiger charge is 2.30. The van der Waals surface area contributed by atoms with Gasteiger partial charge in [-0.1, -0.05) is 0 Å². The first-order chi connectivity index (χ1) is 9.22. The van der Waals surface area contributed by atoms with Crippen LogP contribution in [0.1, 0.15) is 17.3 Å². The number of benzene rings is 1. The smallest absolute Gasteiger partial charge is 0.337 e. The summed E-state index contributed by atoms with van der Waals surface area (Å²) in [4.78, 5) is 33.0. The maximum absolute atomic E-state index is 11.5. The van der Waals surface area contributed by atoms with Gasteiger partial charge in [-0.3, -0.25) is 4.79 Å². The van der Waals surface area contributed by atoms with E-state index in [0.717, 1.165) is 6.92 Å². The van der Waals surface area contributed by atoms with E-state index >= 15 is 0 Å². The van der Waals surface area contributed by atoms with Crippen molar-refractivity contribution in [1.82, 2.24) is 5.32 Å². The fraction of sp³-hybridized carbons (Fsp3) is 0.250. The molecule has 3 amide bonds. The van der Waals surface area contributed by atoms with Crippen molar-refractivity contribution in [1.29, 1.82) is 0 Å². The number of aliphatic hydroxyl groups is 1. The molecule has 108 valence electrons. The Labute approximate surface area is 114 Å². The van der Waals surface area contributed by atoms with Crippen LogP contribution in [0.3, 0.4) is 0 Å². The minimum Gasteiger partial charge on any atom is -0.479 e. The summed E-state index contributed by atoms with van der Waals surface area (Å²) in [7, 11) is 0. The highest BCUT2D eigenvalue weighted by Crippen LogP contribution is 2.09. The van der Waals surface area contributed by atoms with E-state index in [2.05, 4.69) is 10.6 Å². The molecule has 0 aliphatic rings. The van der Waals surface area contributed by atoms with Crippen LogP contribution >= 0.6 is 0 Å². The number of anilines is 1. The summed E-state index contributed by atoms with van der Waals surface area (Å²) in [5, 5.41) is 22.7. The van der Waals surface area contributed by atoms with E-state index in [-0.39, 0.29) is 0 Å². The summed E-state index contributed by atoms with van der Waals surface area (Å²) in [6.07, 6.45) is 0. The van der Waals surface area contributed by atoms with Crippen molar-refractivity contribution in [3.8, 4) is 0 Å². The number of primary amides is 1. The molecular weight excluding hydrogens is 266 g/mol. The molecule has 0 spiro atoms. The zero-order valence-corrected chi connectivity index (χ0v) is 10.7. The van der Waals surface area contributed by atoms with E-state index in [1.165, 1.54) is 24.3 Å². The van der Waals surface area contributed by atoms with E-state index < -0.39 is 30.1 Å². The van der Waals surface area contributed by atoms with Gasteiger partial charge < -0.3 is 26.6 Å². The van der Waals surface area contributed by atoms with Gasteiger partial charge in [-0.2, -0.15) is 0 Å². The summed E-state index contributed by atoms with van der Waals surface area (Å²) in [6.45, 7) is 0.616. The number of carboxylic acid groups (broad SMARTS) is 1. The number of urea groups is 1. The van der Waals surface area contributed by atoms with E-state index in [4.69, 9.17) is 10.8 Å². The van der Waals surface area contributed by atoms with Crippen molar-refractivity contribution in [2.24, 2.45) is 5.73 Å². The molecule has 0 fully saturated rings. The van der Waals surface area contributed by atoms with Gasteiger partial charge in [0.05, 0.1) is 6.54 Å². The lowest BCUT2D eigenvalue weighted by Crippen LogP contribution is -2.47. The first-order valence-corrected chi connectivity index (χ1v) is 5.63. The second kappa shape index (κ2) is 6.02. The number of carboxylic acids is 1. The quantitative estimate of drug-likeness (QED) is 0.505. The fourth-order valence-electron chi connectivity index (χ4n) is 1.22. The molecule has 0 aromatic heterocycles. The van der Waals surface area contributed by atoms with Crippen LogP contribution in [0.5, 0.6) is 0 Å². The maximum atomic E-state index is 11.5. The second-order valence-electron chi connectivity index (χ2n) is 4.33. The monoisotopic (exact) mass is 281 g/mol. The van der Waals surface area contributed by atoms with Gasteiger partial charge in [0.15, 0.2) is 5.60 Å². The van der Waals surface area contributed by atoms with Gasteiger partial charge in [-0.05, 0) is 31.2 Å². The number of aliphatic carboxylic acids is 1. The number of hydrogen-bond donors (Lipinski definition) is 5. The first-order valence-electron chi connectivity index (χ1n) is 5.63. The number of carbonyl (C=O) groups excluding carboxylic acids is 2. The molecule has 0 saturated carbocycles. The maximum Gasteiger partial charge on any atom is 0.337 e. The van der Waals surface area contributed by atoms with Gasteiger partial charge >= 0.3 is 12.0 Å².